The Kier molecular flexibility index (Phi) is 7.95. The zero-order chi connectivity index (χ0) is 24.6. The first-order chi connectivity index (χ1) is 17.0. The second kappa shape index (κ2) is 11.5. The van der Waals surface area contributed by atoms with Crippen LogP contribution in [0.2, 0.25) is 0 Å². The Balaban J connectivity index is 1.52. The highest BCUT2D eigenvalue weighted by Gasteiger charge is 2.20. The fraction of sp³-hybridized carbons (Fsp3) is 0.185. The summed E-state index contributed by atoms with van der Waals surface area (Å²) in [7, 11) is 1.62. The van der Waals surface area contributed by atoms with E-state index in [1.54, 1.807) is 7.11 Å². The van der Waals surface area contributed by atoms with Crippen LogP contribution in [0.5, 0.6) is 5.75 Å². The van der Waals surface area contributed by atoms with Crippen molar-refractivity contribution in [1.82, 2.24) is 20.1 Å². The molecule has 0 spiro atoms. The molecule has 8 heteroatoms. The summed E-state index contributed by atoms with van der Waals surface area (Å²) in [6.45, 7) is 1.49. The number of benzene rings is 3. The molecule has 3 aromatic carbocycles. The average molecular weight is 487 g/mol. The number of methoxy groups -OCH3 is 1. The van der Waals surface area contributed by atoms with Gasteiger partial charge in [-0.1, -0.05) is 60.3 Å². The number of thioether (sulfide) groups is 1. The molecule has 0 aliphatic rings. The minimum atomic E-state index is -0.577. The Morgan fingerprint density at radius 3 is 2.23 bits per heavy atom. The highest BCUT2D eigenvalue weighted by atomic mass is 32.2. The number of para-hydroxylation sites is 1. The number of carbonyl (C=O) groups excluding carboxylic acids is 2. The van der Waals surface area contributed by atoms with Gasteiger partial charge in [0.1, 0.15) is 5.75 Å². The lowest BCUT2D eigenvalue weighted by molar-refractivity contribution is -0.125. The number of carbonyl (C=O) groups is 2. The number of hydrogen-bond donors (Lipinski definition) is 1. The predicted molar refractivity (Wildman–Crippen MR) is 137 cm³/mol. The van der Waals surface area contributed by atoms with E-state index >= 15 is 0 Å². The molecule has 1 heterocycles. The molecule has 0 radical (unpaired) electrons. The van der Waals surface area contributed by atoms with Crippen LogP contribution in [0.25, 0.3) is 17.1 Å². The summed E-state index contributed by atoms with van der Waals surface area (Å²) in [6.07, 6.45) is 0.453. The van der Waals surface area contributed by atoms with Gasteiger partial charge < -0.3 is 10.1 Å². The Bertz CT molecular complexity index is 1280. The van der Waals surface area contributed by atoms with Gasteiger partial charge in [-0.05, 0) is 55.3 Å². The van der Waals surface area contributed by atoms with Gasteiger partial charge in [-0.2, -0.15) is 0 Å². The van der Waals surface area contributed by atoms with Gasteiger partial charge in [0.05, 0.1) is 18.9 Å². The molecule has 1 unspecified atom stereocenters. The third-order valence-corrected chi connectivity index (χ3v) is 6.37. The quantitative estimate of drug-likeness (QED) is 0.336. The number of nitrogens with one attached hydrogen (secondary N) is 1. The van der Waals surface area contributed by atoms with Crippen LogP contribution in [-0.4, -0.2) is 45.4 Å². The number of Topliss-reactive ketones (excluding diaryl/α,β-unsaturated/α-hetero) is 1. The van der Waals surface area contributed by atoms with Crippen molar-refractivity contribution in [2.75, 3.05) is 12.9 Å². The number of amides is 1. The van der Waals surface area contributed by atoms with Gasteiger partial charge >= 0.3 is 0 Å². The molecule has 7 nitrogen and oxygen atoms in total. The maximum atomic E-state index is 12.8. The summed E-state index contributed by atoms with van der Waals surface area (Å²) >= 11 is 1.27. The van der Waals surface area contributed by atoms with E-state index < -0.39 is 6.04 Å². The Hall–Kier alpha value is -3.91. The van der Waals surface area contributed by atoms with Gasteiger partial charge in [0.2, 0.25) is 5.91 Å². The van der Waals surface area contributed by atoms with Crippen molar-refractivity contribution >= 4 is 23.5 Å². The molecule has 1 amide bonds. The fourth-order valence-electron chi connectivity index (χ4n) is 3.61. The van der Waals surface area contributed by atoms with Gasteiger partial charge in [-0.3, -0.25) is 14.2 Å². The van der Waals surface area contributed by atoms with Crippen molar-refractivity contribution < 1.29 is 14.3 Å². The van der Waals surface area contributed by atoms with Crippen molar-refractivity contribution in [3.8, 4) is 22.8 Å². The first kappa shape index (κ1) is 24.2. The SMILES string of the molecule is COc1ccc(-c2nnc(SCC(=O)NC(Cc3ccccc3)C(C)=O)n2-c2ccccc2)cc1. The lowest BCUT2D eigenvalue weighted by Gasteiger charge is -2.16. The molecule has 4 rings (SSSR count). The highest BCUT2D eigenvalue weighted by Crippen LogP contribution is 2.29. The molecule has 0 saturated carbocycles. The maximum absolute atomic E-state index is 12.8. The van der Waals surface area contributed by atoms with E-state index in [9.17, 15) is 9.59 Å². The minimum Gasteiger partial charge on any atom is -0.497 e. The summed E-state index contributed by atoms with van der Waals surface area (Å²) in [4.78, 5) is 24.9. The number of hydrogen-bond acceptors (Lipinski definition) is 6. The predicted octanol–water partition coefficient (Wildman–Crippen LogP) is 4.35. The second-order valence-corrected chi connectivity index (χ2v) is 8.86. The lowest BCUT2D eigenvalue weighted by atomic mass is 10.0. The Labute approximate surface area is 208 Å². The van der Waals surface area contributed by atoms with Gasteiger partial charge in [-0.15, -0.1) is 10.2 Å². The van der Waals surface area contributed by atoms with Crippen LogP contribution < -0.4 is 10.1 Å². The molecule has 178 valence electrons. The van der Waals surface area contributed by atoms with E-state index in [4.69, 9.17) is 4.74 Å². The third-order valence-electron chi connectivity index (χ3n) is 5.44. The summed E-state index contributed by atoms with van der Waals surface area (Å²) < 4.78 is 7.18. The Morgan fingerprint density at radius 2 is 1.60 bits per heavy atom. The molecule has 0 saturated heterocycles. The van der Waals surface area contributed by atoms with Crippen molar-refractivity contribution in [1.29, 1.82) is 0 Å². The first-order valence-corrected chi connectivity index (χ1v) is 12.2. The van der Waals surface area contributed by atoms with Crippen LogP contribution in [-0.2, 0) is 16.0 Å². The monoisotopic (exact) mass is 486 g/mol. The highest BCUT2D eigenvalue weighted by molar-refractivity contribution is 7.99. The van der Waals surface area contributed by atoms with Gasteiger partial charge in [-0.25, -0.2) is 0 Å². The van der Waals surface area contributed by atoms with Crippen molar-refractivity contribution in [3.05, 3.63) is 90.5 Å². The minimum absolute atomic E-state index is 0.0820. The van der Waals surface area contributed by atoms with Crippen molar-refractivity contribution in [2.24, 2.45) is 0 Å². The van der Waals surface area contributed by atoms with E-state index in [1.165, 1.54) is 18.7 Å². The third kappa shape index (κ3) is 6.16. The molecule has 35 heavy (non-hydrogen) atoms. The maximum Gasteiger partial charge on any atom is 0.231 e. The molecular weight excluding hydrogens is 460 g/mol. The summed E-state index contributed by atoms with van der Waals surface area (Å²) in [5.41, 5.74) is 2.75. The van der Waals surface area contributed by atoms with Gasteiger partial charge in [0.25, 0.3) is 0 Å². The molecule has 0 aliphatic heterocycles. The molecule has 1 atom stereocenters. The smallest absolute Gasteiger partial charge is 0.231 e. The molecule has 1 aromatic heterocycles. The average Bonchev–Trinajstić information content (AvgIpc) is 3.32. The molecular formula is C27H26N4O3S. The van der Waals surface area contributed by atoms with Crippen LogP contribution in [0.15, 0.2) is 90.1 Å². The van der Waals surface area contributed by atoms with Crippen LogP contribution in [0.1, 0.15) is 12.5 Å². The summed E-state index contributed by atoms with van der Waals surface area (Å²) in [6, 6.07) is 26.4. The lowest BCUT2D eigenvalue weighted by Crippen LogP contribution is -2.42. The van der Waals surface area contributed by atoms with Crippen molar-refractivity contribution in [3.63, 3.8) is 0 Å². The molecule has 4 aromatic rings. The second-order valence-electron chi connectivity index (χ2n) is 7.91. The first-order valence-electron chi connectivity index (χ1n) is 11.2. The van der Waals surface area contributed by atoms with Crippen LogP contribution in [0, 0.1) is 0 Å². The summed E-state index contributed by atoms with van der Waals surface area (Å²) in [5, 5.41) is 12.2. The largest absolute Gasteiger partial charge is 0.497 e. The van der Waals surface area contributed by atoms with E-state index in [0.717, 1.165) is 22.6 Å². The number of ether oxygens (including phenoxy) is 1. The molecule has 0 aliphatic carbocycles. The van der Waals surface area contributed by atoms with Crippen molar-refractivity contribution in [2.45, 2.75) is 24.5 Å². The van der Waals surface area contributed by atoms with E-state index in [2.05, 4.69) is 15.5 Å². The van der Waals surface area contributed by atoms with E-state index in [0.29, 0.717) is 17.4 Å². The van der Waals surface area contributed by atoms with Gasteiger partial charge in [0.15, 0.2) is 16.8 Å². The van der Waals surface area contributed by atoms with E-state index in [1.807, 2.05) is 89.5 Å². The van der Waals surface area contributed by atoms with Gasteiger partial charge in [0, 0.05) is 11.3 Å². The van der Waals surface area contributed by atoms with E-state index in [-0.39, 0.29) is 17.4 Å². The fourth-order valence-corrected chi connectivity index (χ4v) is 4.38. The van der Waals surface area contributed by atoms with Crippen LogP contribution >= 0.6 is 11.8 Å². The van der Waals surface area contributed by atoms with Crippen LogP contribution in [0.4, 0.5) is 0 Å². The zero-order valence-corrected chi connectivity index (χ0v) is 20.4. The standard InChI is InChI=1S/C27H26N4O3S/c1-19(32)24(17-20-9-5-3-6-10-20)28-25(33)18-35-27-30-29-26(21-13-15-23(34-2)16-14-21)31(27)22-11-7-4-8-12-22/h3-16,24H,17-18H2,1-2H3,(H,28,33). The molecule has 1 N–H and O–H groups in total. The normalized spacial score (nSPS) is 11.6. The topological polar surface area (TPSA) is 86.1 Å². The molecule has 0 fully saturated rings. The van der Waals surface area contributed by atoms with Crippen LogP contribution in [0.3, 0.4) is 0 Å². The molecule has 0 bridgehead atoms. The number of rotatable bonds is 10. The number of ketones is 1. The number of aromatic nitrogens is 3. The number of nitrogens with zero attached hydrogens (tertiary/aromatic N) is 3. The Morgan fingerprint density at radius 1 is 0.943 bits per heavy atom. The zero-order valence-electron chi connectivity index (χ0n) is 19.5. The summed E-state index contributed by atoms with van der Waals surface area (Å²) in [5.74, 6) is 1.20.